The van der Waals surface area contributed by atoms with E-state index in [2.05, 4.69) is 14.9 Å². The summed E-state index contributed by atoms with van der Waals surface area (Å²) < 4.78 is 39.6. The van der Waals surface area contributed by atoms with Crippen LogP contribution in [0.25, 0.3) is 0 Å². The van der Waals surface area contributed by atoms with Crippen LogP contribution in [0.3, 0.4) is 0 Å². The number of halogens is 4. The molecule has 1 aromatic rings. The Hall–Kier alpha value is -1.24. The number of hydrogen-bond acceptors (Lipinski definition) is 4. The lowest BCUT2D eigenvalue weighted by molar-refractivity contribution is -0.153. The lowest BCUT2D eigenvalue weighted by Gasteiger charge is -2.09. The average molecular weight is 228 g/mol. The molecule has 0 saturated carbocycles. The van der Waals surface area contributed by atoms with Gasteiger partial charge in [0, 0.05) is 6.07 Å². The first-order chi connectivity index (χ1) is 6.38. The zero-order valence-electron chi connectivity index (χ0n) is 6.68. The fourth-order valence-corrected chi connectivity index (χ4v) is 0.774. The highest BCUT2D eigenvalue weighted by Crippen LogP contribution is 2.23. The van der Waals surface area contributed by atoms with Gasteiger partial charge in [-0.2, -0.15) is 13.2 Å². The Kier molecular flexibility index (Phi) is 3.00. The van der Waals surface area contributed by atoms with E-state index in [1.807, 2.05) is 0 Å². The van der Waals surface area contributed by atoms with Crippen molar-refractivity contribution < 1.29 is 17.9 Å². The predicted octanol–water partition coefficient (Wildman–Crippen LogP) is 1.65. The molecule has 8 heteroatoms. The van der Waals surface area contributed by atoms with Gasteiger partial charge in [-0.05, 0) is 0 Å². The number of alkyl halides is 3. The van der Waals surface area contributed by atoms with Crippen LogP contribution < -0.4 is 10.5 Å². The number of hydrogen-bond donors (Lipinski definition) is 1. The molecule has 0 saturated heterocycles. The molecule has 0 aliphatic carbocycles. The van der Waals surface area contributed by atoms with Gasteiger partial charge in [0.25, 0.3) is 0 Å². The number of ether oxygens (including phenoxy) is 1. The first kappa shape index (κ1) is 10.8. The lowest BCUT2D eigenvalue weighted by atomic mass is 10.5. The molecule has 0 amide bonds. The highest BCUT2D eigenvalue weighted by Gasteiger charge is 2.28. The van der Waals surface area contributed by atoms with E-state index < -0.39 is 12.8 Å². The summed E-state index contributed by atoms with van der Waals surface area (Å²) in [4.78, 5) is 0. The molecule has 1 heterocycles. The van der Waals surface area contributed by atoms with E-state index in [1.165, 1.54) is 0 Å². The number of nitrogens with zero attached hydrogens (tertiary/aromatic N) is 2. The van der Waals surface area contributed by atoms with Crippen molar-refractivity contribution in [3.05, 3.63) is 11.2 Å². The minimum atomic E-state index is -4.43. The first-order valence-corrected chi connectivity index (χ1v) is 3.74. The quantitative estimate of drug-likeness (QED) is 0.835. The summed E-state index contributed by atoms with van der Waals surface area (Å²) in [6, 6.07) is 1.07. The summed E-state index contributed by atoms with van der Waals surface area (Å²) in [6.07, 6.45) is -4.43. The van der Waals surface area contributed by atoms with Crippen molar-refractivity contribution in [2.24, 2.45) is 0 Å². The highest BCUT2D eigenvalue weighted by molar-refractivity contribution is 6.29. The zero-order valence-corrected chi connectivity index (χ0v) is 7.43. The van der Waals surface area contributed by atoms with Crippen LogP contribution in [0.5, 0.6) is 5.75 Å². The number of anilines is 1. The summed E-state index contributed by atoms with van der Waals surface area (Å²) in [6.45, 7) is -1.45. The largest absolute Gasteiger partial charge is 0.480 e. The van der Waals surface area contributed by atoms with E-state index in [9.17, 15) is 13.2 Å². The normalized spacial score (nSPS) is 11.4. The summed E-state index contributed by atoms with van der Waals surface area (Å²) in [5.41, 5.74) is 5.19. The summed E-state index contributed by atoms with van der Waals surface area (Å²) in [7, 11) is 0. The van der Waals surface area contributed by atoms with Crippen LogP contribution in [-0.2, 0) is 0 Å². The molecule has 0 radical (unpaired) electrons. The smallest absolute Gasteiger partial charge is 0.422 e. The zero-order chi connectivity index (χ0) is 10.8. The molecule has 14 heavy (non-hydrogen) atoms. The molecule has 0 aliphatic rings. The molecule has 2 N–H and O–H groups in total. The van der Waals surface area contributed by atoms with Gasteiger partial charge in [-0.15, -0.1) is 10.2 Å². The fourth-order valence-electron chi connectivity index (χ4n) is 0.637. The van der Waals surface area contributed by atoms with E-state index in [0.717, 1.165) is 6.07 Å². The second kappa shape index (κ2) is 3.87. The van der Waals surface area contributed by atoms with E-state index >= 15 is 0 Å². The molecule has 0 spiro atoms. The molecular formula is C6H5ClF3N3O. The molecule has 1 rings (SSSR count). The van der Waals surface area contributed by atoms with Crippen LogP contribution >= 0.6 is 11.6 Å². The molecule has 0 unspecified atom stereocenters. The van der Waals surface area contributed by atoms with Crippen molar-refractivity contribution in [3.8, 4) is 5.75 Å². The maximum Gasteiger partial charge on any atom is 0.422 e. The van der Waals surface area contributed by atoms with Crippen LogP contribution in [0.2, 0.25) is 5.15 Å². The Bertz CT molecular complexity index is 331. The number of nitrogen functional groups attached to an aromatic ring is 1. The molecule has 4 nitrogen and oxygen atoms in total. The van der Waals surface area contributed by atoms with Gasteiger partial charge in [0.1, 0.15) is 0 Å². The Morgan fingerprint density at radius 2 is 2.07 bits per heavy atom. The summed E-state index contributed by atoms with van der Waals surface area (Å²) in [5, 5.41) is 6.51. The molecule has 0 fully saturated rings. The number of nitrogens with two attached hydrogens (primary N) is 1. The second-order valence-electron chi connectivity index (χ2n) is 2.32. The Labute approximate surface area is 81.8 Å². The van der Waals surface area contributed by atoms with E-state index in [4.69, 9.17) is 17.3 Å². The highest BCUT2D eigenvalue weighted by atomic mass is 35.5. The molecule has 0 atom stereocenters. The topological polar surface area (TPSA) is 61.0 Å². The van der Waals surface area contributed by atoms with Crippen LogP contribution in [0, 0.1) is 0 Å². The van der Waals surface area contributed by atoms with Gasteiger partial charge in [0.05, 0.1) is 0 Å². The van der Waals surface area contributed by atoms with Gasteiger partial charge < -0.3 is 10.5 Å². The second-order valence-corrected chi connectivity index (χ2v) is 2.71. The van der Waals surface area contributed by atoms with Gasteiger partial charge in [0.2, 0.25) is 0 Å². The fraction of sp³-hybridized carbons (Fsp3) is 0.333. The first-order valence-electron chi connectivity index (χ1n) is 3.37. The summed E-state index contributed by atoms with van der Waals surface area (Å²) >= 11 is 5.38. The molecule has 78 valence electrons. The Morgan fingerprint density at radius 3 is 2.64 bits per heavy atom. The van der Waals surface area contributed by atoms with Crippen LogP contribution in [0.1, 0.15) is 0 Å². The Morgan fingerprint density at radius 1 is 1.43 bits per heavy atom. The van der Waals surface area contributed by atoms with Gasteiger partial charge in [-0.1, -0.05) is 11.6 Å². The molecule has 1 aromatic heterocycles. The van der Waals surface area contributed by atoms with Crippen molar-refractivity contribution in [2.45, 2.75) is 6.18 Å². The van der Waals surface area contributed by atoms with Gasteiger partial charge in [-0.25, -0.2) is 0 Å². The van der Waals surface area contributed by atoms with Gasteiger partial charge >= 0.3 is 6.18 Å². The van der Waals surface area contributed by atoms with Gasteiger partial charge in [0.15, 0.2) is 23.3 Å². The maximum absolute atomic E-state index is 11.7. The minimum absolute atomic E-state index is 0.0867. The van der Waals surface area contributed by atoms with E-state index in [0.29, 0.717) is 0 Å². The van der Waals surface area contributed by atoms with Crippen LogP contribution in [0.4, 0.5) is 19.0 Å². The third-order valence-corrected chi connectivity index (χ3v) is 1.33. The minimum Gasteiger partial charge on any atom is -0.480 e. The van der Waals surface area contributed by atoms with E-state index in [1.54, 1.807) is 0 Å². The Balaban J connectivity index is 2.72. The van der Waals surface area contributed by atoms with Crippen molar-refractivity contribution in [1.82, 2.24) is 10.2 Å². The van der Waals surface area contributed by atoms with Crippen LogP contribution in [0.15, 0.2) is 6.07 Å². The van der Waals surface area contributed by atoms with Crippen LogP contribution in [-0.4, -0.2) is 23.0 Å². The summed E-state index contributed by atoms with van der Waals surface area (Å²) in [5.74, 6) is -0.471. The molecular weight excluding hydrogens is 223 g/mol. The third kappa shape index (κ3) is 3.25. The average Bonchev–Trinajstić information content (AvgIpc) is 2.05. The molecule has 0 aliphatic heterocycles. The SMILES string of the molecule is Nc1nnc(Cl)cc1OCC(F)(F)F. The third-order valence-electron chi connectivity index (χ3n) is 1.15. The molecule has 0 bridgehead atoms. The van der Waals surface area contributed by atoms with Crippen molar-refractivity contribution in [1.29, 1.82) is 0 Å². The number of rotatable bonds is 2. The standard InChI is InChI=1S/C6H5ClF3N3O/c7-4-1-3(5(11)13-12-4)14-2-6(8,9)10/h1H,2H2,(H2,11,13). The monoisotopic (exact) mass is 227 g/mol. The van der Waals surface area contributed by atoms with E-state index in [-0.39, 0.29) is 16.7 Å². The predicted molar refractivity (Wildman–Crippen MR) is 43.0 cm³/mol. The maximum atomic E-state index is 11.7. The van der Waals surface area contributed by atoms with Crippen molar-refractivity contribution >= 4 is 17.4 Å². The van der Waals surface area contributed by atoms with Crippen molar-refractivity contribution in [2.75, 3.05) is 12.3 Å². The lowest BCUT2D eigenvalue weighted by Crippen LogP contribution is -2.20. The van der Waals surface area contributed by atoms with Gasteiger partial charge in [-0.3, -0.25) is 0 Å². The molecule has 0 aromatic carbocycles. The van der Waals surface area contributed by atoms with Crippen molar-refractivity contribution in [3.63, 3.8) is 0 Å². The number of aromatic nitrogens is 2.